The van der Waals surface area contributed by atoms with Crippen LogP contribution in [-0.2, 0) is 14.8 Å². The van der Waals surface area contributed by atoms with Gasteiger partial charge in [0.25, 0.3) is 5.91 Å². The van der Waals surface area contributed by atoms with E-state index in [1.807, 2.05) is 42.5 Å². The highest BCUT2D eigenvalue weighted by Crippen LogP contribution is 2.32. The van der Waals surface area contributed by atoms with Crippen molar-refractivity contribution in [2.75, 3.05) is 26.3 Å². The first-order valence-corrected chi connectivity index (χ1v) is 13.0. The lowest BCUT2D eigenvalue weighted by Crippen LogP contribution is -2.47. The number of halogens is 1. The van der Waals surface area contributed by atoms with Gasteiger partial charge in [-0.15, -0.1) is 0 Å². The summed E-state index contributed by atoms with van der Waals surface area (Å²) >= 11 is 6.10. The highest BCUT2D eigenvalue weighted by Gasteiger charge is 2.36. The zero-order valence-electron chi connectivity index (χ0n) is 19.1. The summed E-state index contributed by atoms with van der Waals surface area (Å²) in [4.78, 5) is 19.1. The maximum absolute atomic E-state index is 13.6. The number of sulfonamides is 1. The van der Waals surface area contributed by atoms with Crippen molar-refractivity contribution in [1.82, 2.24) is 14.3 Å². The Morgan fingerprint density at radius 1 is 1.19 bits per heavy atom. The fourth-order valence-electron chi connectivity index (χ4n) is 4.16. The van der Waals surface area contributed by atoms with Crippen LogP contribution in [0.1, 0.15) is 10.5 Å². The molecule has 1 aliphatic rings. The molecule has 9 nitrogen and oxygen atoms in total. The molecule has 36 heavy (non-hydrogen) atoms. The number of aromatic nitrogens is 2. The van der Waals surface area contributed by atoms with Crippen LogP contribution < -0.4 is 10.5 Å². The van der Waals surface area contributed by atoms with Crippen molar-refractivity contribution in [3.05, 3.63) is 77.6 Å². The van der Waals surface area contributed by atoms with E-state index in [9.17, 15) is 13.2 Å². The van der Waals surface area contributed by atoms with E-state index in [1.54, 1.807) is 18.3 Å². The quantitative estimate of drug-likeness (QED) is 0.379. The number of amides is 1. The molecule has 3 N–H and O–H groups in total. The van der Waals surface area contributed by atoms with Gasteiger partial charge in [-0.3, -0.25) is 9.78 Å². The van der Waals surface area contributed by atoms with Crippen LogP contribution in [0.2, 0.25) is 5.02 Å². The molecule has 2 aromatic carbocycles. The number of rotatable bonds is 7. The highest BCUT2D eigenvalue weighted by molar-refractivity contribution is 7.89. The van der Waals surface area contributed by atoms with Gasteiger partial charge in [0, 0.05) is 34.6 Å². The first-order chi connectivity index (χ1) is 17.3. The number of carbonyl (C=O) groups is 1. The van der Waals surface area contributed by atoms with Gasteiger partial charge < -0.3 is 20.2 Å². The number of primary amides is 1. The topological polar surface area (TPSA) is 128 Å². The fraction of sp³-hybridized carbons (Fsp3) is 0.200. The lowest BCUT2D eigenvalue weighted by atomic mass is 10.1. The monoisotopic (exact) mass is 526 g/mol. The Balaban J connectivity index is 1.32. The van der Waals surface area contributed by atoms with E-state index in [0.29, 0.717) is 21.7 Å². The van der Waals surface area contributed by atoms with Crippen molar-refractivity contribution in [2.24, 2.45) is 5.73 Å². The molecular formula is C25H23ClN4O5S. The summed E-state index contributed by atoms with van der Waals surface area (Å²) in [5, 5.41) is 0.647. The number of pyridine rings is 1. The molecule has 0 aliphatic carbocycles. The SMILES string of the molecule is NC(=O)c1[nH]c2ccc(Cl)cc2c1S(=O)(=O)N1CCO[C@H](COc2ccc(-c3ccccc3)nc2)C1. The van der Waals surface area contributed by atoms with Crippen LogP contribution in [0.25, 0.3) is 22.2 Å². The number of ether oxygens (including phenoxy) is 2. The van der Waals surface area contributed by atoms with E-state index in [-0.39, 0.29) is 36.9 Å². The zero-order chi connectivity index (χ0) is 25.3. The Labute approximate surface area is 212 Å². The molecule has 1 amide bonds. The van der Waals surface area contributed by atoms with Gasteiger partial charge in [-0.05, 0) is 30.3 Å². The second-order valence-electron chi connectivity index (χ2n) is 8.30. The van der Waals surface area contributed by atoms with Crippen molar-refractivity contribution in [2.45, 2.75) is 11.0 Å². The predicted octanol–water partition coefficient (Wildman–Crippen LogP) is 3.45. The van der Waals surface area contributed by atoms with Crippen LogP contribution in [0.4, 0.5) is 0 Å². The van der Waals surface area contributed by atoms with E-state index in [0.717, 1.165) is 11.3 Å². The molecule has 0 radical (unpaired) electrons. The average Bonchev–Trinajstić information content (AvgIpc) is 3.28. The molecule has 1 saturated heterocycles. The minimum atomic E-state index is -4.10. The van der Waals surface area contributed by atoms with Gasteiger partial charge in [-0.25, -0.2) is 8.42 Å². The number of nitrogens with zero attached hydrogens (tertiary/aromatic N) is 2. The lowest BCUT2D eigenvalue weighted by Gasteiger charge is -2.32. The number of H-pyrrole nitrogens is 1. The van der Waals surface area contributed by atoms with Crippen molar-refractivity contribution < 1.29 is 22.7 Å². The Bertz CT molecular complexity index is 1510. The number of nitrogens with two attached hydrogens (primary N) is 1. The number of hydrogen-bond donors (Lipinski definition) is 2. The summed E-state index contributed by atoms with van der Waals surface area (Å²) in [6.45, 7) is 0.467. The molecule has 1 atom stereocenters. The van der Waals surface area contributed by atoms with Crippen molar-refractivity contribution >= 4 is 38.4 Å². The van der Waals surface area contributed by atoms with E-state index in [2.05, 4.69) is 9.97 Å². The molecule has 3 heterocycles. The van der Waals surface area contributed by atoms with E-state index in [1.165, 1.54) is 10.4 Å². The molecule has 1 aliphatic heterocycles. The number of morpholine rings is 1. The fourth-order valence-corrected chi connectivity index (χ4v) is 6.12. The molecule has 2 aromatic heterocycles. The summed E-state index contributed by atoms with van der Waals surface area (Å²) in [6, 6.07) is 18.1. The summed E-state index contributed by atoms with van der Waals surface area (Å²) in [6.07, 6.45) is 1.10. The summed E-state index contributed by atoms with van der Waals surface area (Å²) in [5.74, 6) is -0.332. The maximum atomic E-state index is 13.6. The minimum absolute atomic E-state index is 0.0449. The summed E-state index contributed by atoms with van der Waals surface area (Å²) in [5.41, 5.74) is 7.57. The largest absolute Gasteiger partial charge is 0.489 e. The summed E-state index contributed by atoms with van der Waals surface area (Å²) in [7, 11) is -4.10. The number of fused-ring (bicyclic) bond motifs is 1. The van der Waals surface area contributed by atoms with Gasteiger partial charge >= 0.3 is 0 Å². The minimum Gasteiger partial charge on any atom is -0.489 e. The van der Waals surface area contributed by atoms with Crippen molar-refractivity contribution in [3.8, 4) is 17.0 Å². The average molecular weight is 527 g/mol. The van der Waals surface area contributed by atoms with Crippen LogP contribution >= 0.6 is 11.6 Å². The van der Waals surface area contributed by atoms with Gasteiger partial charge in [0.15, 0.2) is 0 Å². The smallest absolute Gasteiger partial charge is 0.266 e. The van der Waals surface area contributed by atoms with Gasteiger partial charge in [-0.2, -0.15) is 4.31 Å². The number of nitrogens with one attached hydrogen (secondary N) is 1. The third-order valence-electron chi connectivity index (χ3n) is 5.90. The summed E-state index contributed by atoms with van der Waals surface area (Å²) < 4.78 is 40.1. The normalized spacial score (nSPS) is 16.8. The second kappa shape index (κ2) is 9.90. The van der Waals surface area contributed by atoms with E-state index < -0.39 is 22.0 Å². The Hall–Kier alpha value is -3.44. The molecule has 0 spiro atoms. The third kappa shape index (κ3) is 4.80. The zero-order valence-corrected chi connectivity index (χ0v) is 20.6. The molecule has 0 saturated carbocycles. The Morgan fingerprint density at radius 2 is 2.00 bits per heavy atom. The molecule has 186 valence electrons. The van der Waals surface area contributed by atoms with Crippen LogP contribution in [-0.4, -0.2) is 61.0 Å². The molecular weight excluding hydrogens is 504 g/mol. The molecule has 1 fully saturated rings. The Morgan fingerprint density at radius 3 is 2.72 bits per heavy atom. The number of hydrogen-bond acceptors (Lipinski definition) is 6. The molecule has 4 aromatic rings. The van der Waals surface area contributed by atoms with Crippen LogP contribution in [0.15, 0.2) is 71.8 Å². The maximum Gasteiger partial charge on any atom is 0.266 e. The van der Waals surface area contributed by atoms with E-state index in [4.69, 9.17) is 26.8 Å². The van der Waals surface area contributed by atoms with Crippen molar-refractivity contribution in [3.63, 3.8) is 0 Å². The molecule has 11 heteroatoms. The predicted molar refractivity (Wildman–Crippen MR) is 135 cm³/mol. The standard InChI is InChI=1S/C25H23ClN4O5S/c26-17-6-8-22-20(12-17)24(23(29-22)25(27)31)36(32,33)30-10-11-34-19(14-30)15-35-18-7-9-21(28-13-18)16-4-2-1-3-5-16/h1-9,12-13,19,29H,10-11,14-15H2,(H2,27,31)/t19-/m0/s1. The van der Waals surface area contributed by atoms with Gasteiger partial charge in [0.2, 0.25) is 10.0 Å². The molecule has 5 rings (SSSR count). The number of benzene rings is 2. The molecule has 0 bridgehead atoms. The molecule has 0 unspecified atom stereocenters. The van der Waals surface area contributed by atoms with Crippen LogP contribution in [0.3, 0.4) is 0 Å². The third-order valence-corrected chi connectivity index (χ3v) is 8.09. The van der Waals surface area contributed by atoms with Crippen LogP contribution in [0, 0.1) is 0 Å². The van der Waals surface area contributed by atoms with Gasteiger partial charge in [0.05, 0.1) is 18.5 Å². The van der Waals surface area contributed by atoms with E-state index >= 15 is 0 Å². The number of aromatic amines is 1. The number of carbonyl (C=O) groups excluding carboxylic acids is 1. The first kappa shape index (κ1) is 24.3. The first-order valence-electron chi connectivity index (χ1n) is 11.2. The van der Waals surface area contributed by atoms with Crippen LogP contribution in [0.5, 0.6) is 5.75 Å². The highest BCUT2D eigenvalue weighted by atomic mass is 35.5. The van der Waals surface area contributed by atoms with Crippen molar-refractivity contribution in [1.29, 1.82) is 0 Å². The lowest BCUT2D eigenvalue weighted by molar-refractivity contribution is -0.0249. The van der Waals surface area contributed by atoms with Gasteiger partial charge in [-0.1, -0.05) is 41.9 Å². The van der Waals surface area contributed by atoms with Gasteiger partial charge in [0.1, 0.15) is 29.0 Å². The second-order valence-corrected chi connectivity index (χ2v) is 10.6. The Kier molecular flexibility index (Phi) is 6.67.